The van der Waals surface area contributed by atoms with E-state index in [1.54, 1.807) is 42.5 Å². The molecule has 2 aromatic rings. The highest BCUT2D eigenvalue weighted by Crippen LogP contribution is 2.13. The maximum Gasteiger partial charge on any atom is 0.227 e. The topological polar surface area (TPSA) is 67.3 Å². The fraction of sp³-hybridized carbons (Fsp3) is 0.294. The van der Waals surface area contributed by atoms with E-state index in [1.807, 2.05) is 19.1 Å². The van der Waals surface area contributed by atoms with Crippen molar-refractivity contribution in [2.24, 2.45) is 0 Å². The molecule has 0 atom stereocenters. The molecule has 1 amide bonds. The second-order valence-electron chi connectivity index (χ2n) is 5.72. The molecule has 0 spiro atoms. The Morgan fingerprint density at radius 3 is 2.57 bits per heavy atom. The number of rotatable bonds is 5. The summed E-state index contributed by atoms with van der Waals surface area (Å²) in [6, 6.07) is 8.59. The number of carbonyl (C=O) groups excluding carboxylic acids is 1. The predicted molar refractivity (Wildman–Crippen MR) is 88.7 cm³/mol. The minimum Gasteiger partial charge on any atom is -0.341 e. The molecule has 122 valence electrons. The molecule has 0 fully saturated rings. The zero-order valence-electron chi connectivity index (χ0n) is 13.5. The largest absolute Gasteiger partial charge is 0.341 e. The van der Waals surface area contributed by atoms with Crippen LogP contribution in [0.3, 0.4) is 0 Å². The van der Waals surface area contributed by atoms with Crippen LogP contribution in [0.4, 0.5) is 0 Å². The molecule has 0 aliphatic rings. The molecule has 1 heterocycles. The average molecular weight is 332 g/mol. The molecule has 23 heavy (non-hydrogen) atoms. The first-order valence-corrected chi connectivity index (χ1v) is 9.08. The van der Waals surface area contributed by atoms with Gasteiger partial charge in [-0.15, -0.1) is 0 Å². The molecule has 0 bridgehead atoms. The number of amides is 1. The summed E-state index contributed by atoms with van der Waals surface area (Å²) in [4.78, 5) is 18.2. The van der Waals surface area contributed by atoms with E-state index >= 15 is 0 Å². The van der Waals surface area contributed by atoms with Gasteiger partial charge in [0.1, 0.15) is 0 Å². The smallest absolute Gasteiger partial charge is 0.227 e. The van der Waals surface area contributed by atoms with Gasteiger partial charge in [0.25, 0.3) is 0 Å². The summed E-state index contributed by atoms with van der Waals surface area (Å²) in [5, 5.41) is 0. The van der Waals surface area contributed by atoms with Gasteiger partial charge in [-0.3, -0.25) is 9.78 Å². The molecule has 2 rings (SSSR count). The van der Waals surface area contributed by atoms with Gasteiger partial charge >= 0.3 is 0 Å². The third-order valence-electron chi connectivity index (χ3n) is 3.46. The van der Waals surface area contributed by atoms with E-state index < -0.39 is 9.84 Å². The molecule has 1 aromatic carbocycles. The van der Waals surface area contributed by atoms with E-state index in [9.17, 15) is 13.2 Å². The zero-order valence-corrected chi connectivity index (χ0v) is 14.3. The third-order valence-corrected chi connectivity index (χ3v) is 4.57. The van der Waals surface area contributed by atoms with E-state index in [2.05, 4.69) is 4.98 Å². The Bertz CT molecular complexity index is 816. The molecule has 0 radical (unpaired) electrons. The standard InChI is InChI=1S/C17H20N2O3S/c1-13-7-15(11-18-10-13)9-17(20)19(2)12-14-5-4-6-16(8-14)23(3,21)22/h4-8,10-11H,9,12H2,1-3H3. The molecule has 0 N–H and O–H groups in total. The summed E-state index contributed by atoms with van der Waals surface area (Å²) in [7, 11) is -1.54. The molecule has 0 unspecified atom stereocenters. The highest BCUT2D eigenvalue weighted by atomic mass is 32.2. The summed E-state index contributed by atoms with van der Waals surface area (Å²) in [5.74, 6) is -0.0397. The first kappa shape index (κ1) is 17.1. The number of hydrogen-bond acceptors (Lipinski definition) is 4. The second-order valence-corrected chi connectivity index (χ2v) is 7.73. The minimum absolute atomic E-state index is 0.0397. The van der Waals surface area contributed by atoms with Gasteiger partial charge in [-0.05, 0) is 35.7 Å². The van der Waals surface area contributed by atoms with Crippen LogP contribution in [0.15, 0.2) is 47.6 Å². The van der Waals surface area contributed by atoms with Crippen LogP contribution in [-0.2, 0) is 27.6 Å². The van der Waals surface area contributed by atoms with Gasteiger partial charge in [0, 0.05) is 32.2 Å². The highest BCUT2D eigenvalue weighted by Gasteiger charge is 2.12. The van der Waals surface area contributed by atoms with Crippen LogP contribution < -0.4 is 0 Å². The van der Waals surface area contributed by atoms with Crippen molar-refractivity contribution in [1.82, 2.24) is 9.88 Å². The normalized spacial score (nSPS) is 11.3. The molecule has 0 aliphatic carbocycles. The zero-order chi connectivity index (χ0) is 17.0. The van der Waals surface area contributed by atoms with Crippen LogP contribution in [0.2, 0.25) is 0 Å². The number of hydrogen-bond donors (Lipinski definition) is 0. The van der Waals surface area contributed by atoms with E-state index in [0.717, 1.165) is 16.7 Å². The van der Waals surface area contributed by atoms with Gasteiger partial charge in [0.15, 0.2) is 9.84 Å². The Hall–Kier alpha value is -2.21. The Balaban J connectivity index is 2.07. The monoisotopic (exact) mass is 332 g/mol. The highest BCUT2D eigenvalue weighted by molar-refractivity contribution is 7.90. The molecule has 0 saturated heterocycles. The summed E-state index contributed by atoms with van der Waals surface area (Å²) in [6.45, 7) is 2.29. The molecule has 1 aromatic heterocycles. The van der Waals surface area contributed by atoms with Crippen molar-refractivity contribution in [3.8, 4) is 0 Å². The SMILES string of the molecule is Cc1cncc(CC(=O)N(C)Cc2cccc(S(C)(=O)=O)c2)c1. The molecule has 5 nitrogen and oxygen atoms in total. The molecular weight excluding hydrogens is 312 g/mol. The lowest BCUT2D eigenvalue weighted by atomic mass is 10.1. The number of benzene rings is 1. The summed E-state index contributed by atoms with van der Waals surface area (Å²) < 4.78 is 23.2. The van der Waals surface area contributed by atoms with Crippen LogP contribution in [-0.4, -0.2) is 37.5 Å². The summed E-state index contributed by atoms with van der Waals surface area (Å²) in [5.41, 5.74) is 2.66. The lowest BCUT2D eigenvalue weighted by molar-refractivity contribution is -0.129. The van der Waals surface area contributed by atoms with Crippen molar-refractivity contribution in [1.29, 1.82) is 0 Å². The minimum atomic E-state index is -3.25. The van der Waals surface area contributed by atoms with Crippen LogP contribution in [0.1, 0.15) is 16.7 Å². The number of carbonyl (C=O) groups is 1. The van der Waals surface area contributed by atoms with E-state index in [-0.39, 0.29) is 17.2 Å². The van der Waals surface area contributed by atoms with E-state index in [1.165, 1.54) is 6.26 Å². The molecule has 6 heteroatoms. The molecule has 0 saturated carbocycles. The second kappa shape index (κ2) is 6.91. The first-order chi connectivity index (χ1) is 10.8. The summed E-state index contributed by atoms with van der Waals surface area (Å²) >= 11 is 0. The van der Waals surface area contributed by atoms with E-state index in [4.69, 9.17) is 0 Å². The lowest BCUT2D eigenvalue weighted by Gasteiger charge is -2.17. The maximum atomic E-state index is 12.3. The average Bonchev–Trinajstić information content (AvgIpc) is 2.46. The van der Waals surface area contributed by atoms with Gasteiger partial charge in [0.2, 0.25) is 5.91 Å². The Morgan fingerprint density at radius 2 is 1.91 bits per heavy atom. The number of nitrogens with zero attached hydrogens (tertiary/aromatic N) is 2. The van der Waals surface area contributed by atoms with Crippen LogP contribution in [0.25, 0.3) is 0 Å². The Kier molecular flexibility index (Phi) is 5.15. The van der Waals surface area contributed by atoms with Crippen molar-refractivity contribution in [2.75, 3.05) is 13.3 Å². The lowest BCUT2D eigenvalue weighted by Crippen LogP contribution is -2.27. The number of sulfone groups is 1. The van der Waals surface area contributed by atoms with Crippen LogP contribution >= 0.6 is 0 Å². The van der Waals surface area contributed by atoms with Gasteiger partial charge in [0.05, 0.1) is 11.3 Å². The fourth-order valence-corrected chi connectivity index (χ4v) is 2.95. The van der Waals surface area contributed by atoms with Gasteiger partial charge < -0.3 is 4.90 Å². The van der Waals surface area contributed by atoms with Crippen LogP contribution in [0, 0.1) is 6.92 Å². The van der Waals surface area contributed by atoms with Crippen molar-refractivity contribution in [3.05, 3.63) is 59.4 Å². The summed E-state index contributed by atoms with van der Waals surface area (Å²) in [6.07, 6.45) is 4.88. The van der Waals surface area contributed by atoms with Crippen molar-refractivity contribution < 1.29 is 13.2 Å². The fourth-order valence-electron chi connectivity index (χ4n) is 2.26. The first-order valence-electron chi connectivity index (χ1n) is 7.19. The van der Waals surface area contributed by atoms with Gasteiger partial charge in [-0.1, -0.05) is 18.2 Å². The van der Waals surface area contributed by atoms with Crippen molar-refractivity contribution >= 4 is 15.7 Å². The predicted octanol–water partition coefficient (Wildman–Crippen LogP) is 1.99. The maximum absolute atomic E-state index is 12.3. The quantitative estimate of drug-likeness (QED) is 0.840. The Labute approximate surface area is 136 Å². The number of aryl methyl sites for hydroxylation is 1. The number of likely N-dealkylation sites (N-methyl/N-ethyl adjacent to an activating group) is 1. The number of aromatic nitrogens is 1. The van der Waals surface area contributed by atoms with Gasteiger partial charge in [-0.25, -0.2) is 8.42 Å². The number of pyridine rings is 1. The van der Waals surface area contributed by atoms with Crippen molar-refractivity contribution in [3.63, 3.8) is 0 Å². The molecule has 0 aliphatic heterocycles. The van der Waals surface area contributed by atoms with E-state index in [0.29, 0.717) is 6.54 Å². The van der Waals surface area contributed by atoms with Crippen LogP contribution in [0.5, 0.6) is 0 Å². The Morgan fingerprint density at radius 1 is 1.17 bits per heavy atom. The van der Waals surface area contributed by atoms with Gasteiger partial charge in [-0.2, -0.15) is 0 Å². The third kappa shape index (κ3) is 4.89. The van der Waals surface area contributed by atoms with Crippen molar-refractivity contribution in [2.45, 2.75) is 24.8 Å². The molecular formula is C17H20N2O3S.